The highest BCUT2D eigenvalue weighted by molar-refractivity contribution is 7.10. The summed E-state index contributed by atoms with van der Waals surface area (Å²) < 4.78 is 14.0. The lowest BCUT2D eigenvalue weighted by atomic mass is 9.93. The highest BCUT2D eigenvalue weighted by Gasteiger charge is 2.36. The minimum atomic E-state index is -0.252. The molecular weight excluding hydrogens is 437 g/mol. The molecule has 2 aromatic rings. The Morgan fingerprint density at radius 2 is 1.94 bits per heavy atom. The largest absolute Gasteiger partial charge is 0.338 e. The van der Waals surface area contributed by atoms with E-state index in [1.807, 2.05) is 15.9 Å². The van der Waals surface area contributed by atoms with E-state index in [-0.39, 0.29) is 35.6 Å². The van der Waals surface area contributed by atoms with Gasteiger partial charge in [0.25, 0.3) is 0 Å². The fraction of sp³-hybridized carbons (Fsp3) is 0.538. The summed E-state index contributed by atoms with van der Waals surface area (Å²) >= 11 is 1.74. The number of hydrogen-bond acceptors (Lipinski definition) is 4. The number of halogens is 1. The van der Waals surface area contributed by atoms with Gasteiger partial charge in [-0.25, -0.2) is 4.39 Å². The SMILES string of the molecule is C[C@H]1CN(C(=O)CN2CCc3sccc3[C@H]2c2cccc(F)c2)CCN1C(=O)C1CCCC1. The number of amides is 2. The van der Waals surface area contributed by atoms with Gasteiger partial charge in [-0.05, 0) is 60.9 Å². The van der Waals surface area contributed by atoms with Crippen molar-refractivity contribution in [3.05, 3.63) is 57.5 Å². The normalized spacial score (nSPS) is 24.2. The second-order valence-electron chi connectivity index (χ2n) is 9.68. The van der Waals surface area contributed by atoms with Crippen molar-refractivity contribution in [3.8, 4) is 0 Å². The summed E-state index contributed by atoms with van der Waals surface area (Å²) in [5.74, 6) is 0.294. The molecule has 0 N–H and O–H groups in total. The molecule has 1 aliphatic carbocycles. The molecular formula is C26H32FN3O2S. The Morgan fingerprint density at radius 1 is 1.12 bits per heavy atom. The van der Waals surface area contributed by atoms with E-state index < -0.39 is 0 Å². The average molecular weight is 470 g/mol. The van der Waals surface area contributed by atoms with Crippen LogP contribution in [0, 0.1) is 11.7 Å². The molecule has 0 bridgehead atoms. The van der Waals surface area contributed by atoms with Crippen LogP contribution in [-0.4, -0.2) is 65.3 Å². The molecule has 3 heterocycles. The van der Waals surface area contributed by atoms with E-state index in [0.29, 0.717) is 26.2 Å². The van der Waals surface area contributed by atoms with Crippen LogP contribution in [0.4, 0.5) is 4.39 Å². The van der Waals surface area contributed by atoms with Gasteiger partial charge in [-0.1, -0.05) is 25.0 Å². The van der Waals surface area contributed by atoms with Gasteiger partial charge in [0.05, 0.1) is 12.6 Å². The quantitative estimate of drug-likeness (QED) is 0.678. The molecule has 1 saturated carbocycles. The average Bonchev–Trinajstić information content (AvgIpc) is 3.50. The number of fused-ring (bicyclic) bond motifs is 1. The van der Waals surface area contributed by atoms with Crippen molar-refractivity contribution in [2.45, 2.75) is 51.1 Å². The Hall–Kier alpha value is -2.25. The number of piperazine rings is 1. The minimum Gasteiger partial charge on any atom is -0.338 e. The van der Waals surface area contributed by atoms with Crippen LogP contribution >= 0.6 is 11.3 Å². The van der Waals surface area contributed by atoms with Crippen LogP contribution in [-0.2, 0) is 16.0 Å². The first-order valence-corrected chi connectivity index (χ1v) is 13.0. The zero-order valence-corrected chi connectivity index (χ0v) is 20.0. The van der Waals surface area contributed by atoms with Gasteiger partial charge in [0.15, 0.2) is 0 Å². The van der Waals surface area contributed by atoms with Gasteiger partial charge in [0, 0.05) is 43.0 Å². The van der Waals surface area contributed by atoms with Crippen molar-refractivity contribution < 1.29 is 14.0 Å². The second kappa shape index (κ2) is 9.55. The number of thiophene rings is 1. The number of hydrogen-bond donors (Lipinski definition) is 0. The lowest BCUT2D eigenvalue weighted by Gasteiger charge is -2.42. The van der Waals surface area contributed by atoms with Crippen LogP contribution in [0.5, 0.6) is 0 Å². The van der Waals surface area contributed by atoms with E-state index in [0.717, 1.165) is 44.2 Å². The molecule has 0 radical (unpaired) electrons. The lowest BCUT2D eigenvalue weighted by Crippen LogP contribution is -2.58. The molecule has 2 atom stereocenters. The van der Waals surface area contributed by atoms with Crippen molar-refractivity contribution in [1.29, 1.82) is 0 Å². The van der Waals surface area contributed by atoms with E-state index in [9.17, 15) is 14.0 Å². The maximum absolute atomic E-state index is 14.0. The fourth-order valence-corrected chi connectivity index (χ4v) is 6.70. The molecule has 1 saturated heterocycles. The first-order chi connectivity index (χ1) is 16.0. The summed E-state index contributed by atoms with van der Waals surface area (Å²) in [7, 11) is 0. The molecule has 0 unspecified atom stereocenters. The molecule has 1 aromatic heterocycles. The van der Waals surface area contributed by atoms with E-state index in [1.165, 1.54) is 16.5 Å². The summed E-state index contributed by atoms with van der Waals surface area (Å²) in [4.78, 5) is 33.7. The highest BCUT2D eigenvalue weighted by atomic mass is 32.1. The van der Waals surface area contributed by atoms with E-state index >= 15 is 0 Å². The minimum absolute atomic E-state index is 0.0413. The Morgan fingerprint density at radius 3 is 2.70 bits per heavy atom. The summed E-state index contributed by atoms with van der Waals surface area (Å²) in [5, 5.41) is 2.09. The Bertz CT molecular complexity index is 1020. The molecule has 2 amide bonds. The topological polar surface area (TPSA) is 43.9 Å². The summed E-state index contributed by atoms with van der Waals surface area (Å²) in [6, 6.07) is 8.79. The first kappa shape index (κ1) is 22.5. The van der Waals surface area contributed by atoms with Crippen molar-refractivity contribution >= 4 is 23.2 Å². The molecule has 33 heavy (non-hydrogen) atoms. The van der Waals surface area contributed by atoms with Crippen LogP contribution < -0.4 is 0 Å². The summed E-state index contributed by atoms with van der Waals surface area (Å²) in [5.41, 5.74) is 2.08. The van der Waals surface area contributed by atoms with Gasteiger partial charge in [-0.2, -0.15) is 0 Å². The second-order valence-corrected chi connectivity index (χ2v) is 10.7. The lowest BCUT2D eigenvalue weighted by molar-refractivity contribution is -0.145. The predicted octanol–water partition coefficient (Wildman–Crippen LogP) is 4.08. The molecule has 5 nitrogen and oxygen atoms in total. The van der Waals surface area contributed by atoms with Crippen molar-refractivity contribution in [1.82, 2.24) is 14.7 Å². The van der Waals surface area contributed by atoms with Crippen LogP contribution in [0.2, 0.25) is 0 Å². The summed E-state index contributed by atoms with van der Waals surface area (Å²) in [6.07, 6.45) is 5.22. The zero-order valence-electron chi connectivity index (χ0n) is 19.2. The van der Waals surface area contributed by atoms with Crippen molar-refractivity contribution in [3.63, 3.8) is 0 Å². The molecule has 0 spiro atoms. The van der Waals surface area contributed by atoms with Gasteiger partial charge < -0.3 is 9.80 Å². The van der Waals surface area contributed by atoms with E-state index in [4.69, 9.17) is 0 Å². The van der Waals surface area contributed by atoms with Crippen LogP contribution in [0.1, 0.15) is 54.7 Å². The van der Waals surface area contributed by atoms with Gasteiger partial charge in [-0.15, -0.1) is 11.3 Å². The molecule has 2 aliphatic heterocycles. The van der Waals surface area contributed by atoms with Crippen molar-refractivity contribution in [2.24, 2.45) is 5.92 Å². The van der Waals surface area contributed by atoms with Gasteiger partial charge >= 0.3 is 0 Å². The smallest absolute Gasteiger partial charge is 0.236 e. The van der Waals surface area contributed by atoms with E-state index in [1.54, 1.807) is 23.5 Å². The number of carbonyl (C=O) groups excluding carboxylic acids is 2. The predicted molar refractivity (Wildman–Crippen MR) is 128 cm³/mol. The molecule has 3 aliphatic rings. The monoisotopic (exact) mass is 469 g/mol. The number of benzene rings is 1. The van der Waals surface area contributed by atoms with Crippen LogP contribution in [0.15, 0.2) is 35.7 Å². The molecule has 176 valence electrons. The number of nitrogens with zero attached hydrogens (tertiary/aromatic N) is 3. The number of rotatable bonds is 4. The van der Waals surface area contributed by atoms with Crippen LogP contribution in [0.3, 0.4) is 0 Å². The highest BCUT2D eigenvalue weighted by Crippen LogP contribution is 2.38. The van der Waals surface area contributed by atoms with E-state index in [2.05, 4.69) is 23.3 Å². The Kier molecular flexibility index (Phi) is 6.52. The molecule has 1 aromatic carbocycles. The van der Waals surface area contributed by atoms with Crippen molar-refractivity contribution in [2.75, 3.05) is 32.7 Å². The van der Waals surface area contributed by atoms with Crippen LogP contribution in [0.25, 0.3) is 0 Å². The third-order valence-electron chi connectivity index (χ3n) is 7.54. The molecule has 2 fully saturated rings. The van der Waals surface area contributed by atoms with Gasteiger partial charge in [-0.3, -0.25) is 14.5 Å². The third kappa shape index (κ3) is 4.58. The maximum atomic E-state index is 14.0. The van der Waals surface area contributed by atoms with Gasteiger partial charge in [0.2, 0.25) is 11.8 Å². The van der Waals surface area contributed by atoms with Gasteiger partial charge in [0.1, 0.15) is 5.82 Å². The summed E-state index contributed by atoms with van der Waals surface area (Å²) in [6.45, 7) is 4.92. The third-order valence-corrected chi connectivity index (χ3v) is 8.53. The molecule has 5 rings (SSSR count). The fourth-order valence-electron chi connectivity index (χ4n) is 5.80. The standard InChI is InChI=1S/C26H32FN3O2S/c1-18-16-28(12-13-30(18)26(32)19-5-2-3-6-19)24(31)17-29-11-9-23-22(10-14-33-23)25(29)20-7-4-8-21(27)15-20/h4,7-8,10,14-15,18-19,25H,2-3,5-6,9,11-13,16-17H2,1H3/t18-,25+/m0/s1. The Balaban J connectivity index is 1.27. The maximum Gasteiger partial charge on any atom is 0.236 e. The first-order valence-electron chi connectivity index (χ1n) is 12.2. The number of carbonyl (C=O) groups is 2. The Labute approximate surface area is 199 Å². The zero-order chi connectivity index (χ0) is 22.9. The molecule has 7 heteroatoms.